The Morgan fingerprint density at radius 2 is 1.88 bits per heavy atom. The Bertz CT molecular complexity index is 716. The molecule has 2 aromatic rings. The second-order valence-electron chi connectivity index (χ2n) is 6.42. The van der Waals surface area contributed by atoms with Crippen LogP contribution in [-0.4, -0.2) is 41.9 Å². The summed E-state index contributed by atoms with van der Waals surface area (Å²) in [7, 11) is 0. The van der Waals surface area contributed by atoms with Crippen LogP contribution in [0.1, 0.15) is 27.9 Å². The molecule has 4 heteroatoms. The molecule has 1 aliphatic heterocycles. The van der Waals surface area contributed by atoms with Gasteiger partial charge in [0.15, 0.2) is 0 Å². The second-order valence-corrected chi connectivity index (χ2v) is 6.42. The third-order valence-electron chi connectivity index (χ3n) is 4.44. The van der Waals surface area contributed by atoms with Crippen molar-refractivity contribution in [2.24, 2.45) is 0 Å². The molecule has 1 saturated heterocycles. The van der Waals surface area contributed by atoms with E-state index < -0.39 is 0 Å². The first-order valence-electron chi connectivity index (χ1n) is 8.44. The van der Waals surface area contributed by atoms with Gasteiger partial charge in [0.05, 0.1) is 0 Å². The lowest BCUT2D eigenvalue weighted by Crippen LogP contribution is -2.35. The molecule has 0 atom stereocenters. The lowest BCUT2D eigenvalue weighted by molar-refractivity contribution is 0.0761. The van der Waals surface area contributed by atoms with Crippen LogP contribution in [0.2, 0.25) is 0 Å². The highest BCUT2D eigenvalue weighted by molar-refractivity contribution is 5.94. The Morgan fingerprint density at radius 1 is 1.04 bits per heavy atom. The predicted molar refractivity (Wildman–Crippen MR) is 93.4 cm³/mol. The summed E-state index contributed by atoms with van der Waals surface area (Å²) >= 11 is 0. The minimum absolute atomic E-state index is 0.103. The van der Waals surface area contributed by atoms with Crippen molar-refractivity contribution in [3.63, 3.8) is 0 Å². The molecule has 0 aliphatic carbocycles. The van der Waals surface area contributed by atoms with Crippen LogP contribution >= 0.6 is 0 Å². The molecule has 126 valence electrons. The standard InChI is InChI=1S/C20H23FN2O/c1-16-5-2-7-18(13-16)20(24)23-10-4-9-22(11-12-23)15-17-6-3-8-19(21)14-17/h2-3,5-8,13-14H,4,9-12,15H2,1H3. The summed E-state index contributed by atoms with van der Waals surface area (Å²) in [6.07, 6.45) is 0.937. The topological polar surface area (TPSA) is 23.6 Å². The van der Waals surface area contributed by atoms with Gasteiger partial charge in [-0.2, -0.15) is 0 Å². The minimum atomic E-state index is -0.196. The number of carbonyl (C=O) groups excluding carboxylic acids is 1. The van der Waals surface area contributed by atoms with E-state index in [-0.39, 0.29) is 11.7 Å². The minimum Gasteiger partial charge on any atom is -0.337 e. The first-order valence-corrected chi connectivity index (χ1v) is 8.44. The average molecular weight is 326 g/mol. The summed E-state index contributed by atoms with van der Waals surface area (Å²) in [4.78, 5) is 16.9. The molecule has 0 N–H and O–H groups in total. The van der Waals surface area contributed by atoms with E-state index in [9.17, 15) is 9.18 Å². The zero-order valence-electron chi connectivity index (χ0n) is 14.0. The normalized spacial score (nSPS) is 16.0. The highest BCUT2D eigenvalue weighted by Crippen LogP contribution is 2.13. The first-order chi connectivity index (χ1) is 11.6. The molecule has 0 saturated carbocycles. The number of halogens is 1. The van der Waals surface area contributed by atoms with Gasteiger partial charge < -0.3 is 4.90 Å². The molecule has 3 rings (SSSR count). The SMILES string of the molecule is Cc1cccc(C(=O)N2CCCN(Cc3cccc(F)c3)CC2)c1. The van der Waals surface area contributed by atoms with Crippen molar-refractivity contribution >= 4 is 5.91 Å². The number of hydrogen-bond donors (Lipinski definition) is 0. The zero-order chi connectivity index (χ0) is 16.9. The summed E-state index contributed by atoms with van der Waals surface area (Å²) in [5.74, 6) is -0.0927. The van der Waals surface area contributed by atoms with Crippen LogP contribution in [0, 0.1) is 12.7 Å². The van der Waals surface area contributed by atoms with E-state index in [0.29, 0.717) is 6.54 Å². The Morgan fingerprint density at radius 3 is 2.67 bits per heavy atom. The van der Waals surface area contributed by atoms with Crippen molar-refractivity contribution in [3.05, 3.63) is 71.0 Å². The Balaban J connectivity index is 1.61. The van der Waals surface area contributed by atoms with E-state index >= 15 is 0 Å². The van der Waals surface area contributed by atoms with Crippen LogP contribution in [-0.2, 0) is 6.54 Å². The largest absolute Gasteiger partial charge is 0.337 e. The number of rotatable bonds is 3. The average Bonchev–Trinajstić information content (AvgIpc) is 2.80. The summed E-state index contributed by atoms with van der Waals surface area (Å²) in [5, 5.41) is 0. The van der Waals surface area contributed by atoms with E-state index in [2.05, 4.69) is 4.90 Å². The van der Waals surface area contributed by atoms with Crippen LogP contribution in [0.25, 0.3) is 0 Å². The second kappa shape index (κ2) is 7.58. The molecule has 24 heavy (non-hydrogen) atoms. The molecule has 0 spiro atoms. The van der Waals surface area contributed by atoms with Crippen LogP contribution in [0.3, 0.4) is 0 Å². The highest BCUT2D eigenvalue weighted by atomic mass is 19.1. The van der Waals surface area contributed by atoms with Crippen LogP contribution in [0.4, 0.5) is 4.39 Å². The zero-order valence-corrected chi connectivity index (χ0v) is 14.0. The lowest BCUT2D eigenvalue weighted by atomic mass is 10.1. The molecule has 0 aromatic heterocycles. The van der Waals surface area contributed by atoms with Crippen molar-refractivity contribution < 1.29 is 9.18 Å². The number of aryl methyl sites for hydroxylation is 1. The molecular weight excluding hydrogens is 303 g/mol. The van der Waals surface area contributed by atoms with Gasteiger partial charge in [-0.1, -0.05) is 29.8 Å². The van der Waals surface area contributed by atoms with Crippen LogP contribution < -0.4 is 0 Å². The Labute approximate surface area is 142 Å². The molecule has 1 amide bonds. The van der Waals surface area contributed by atoms with Gasteiger partial charge in [-0.15, -0.1) is 0 Å². The maximum atomic E-state index is 13.3. The number of nitrogens with zero attached hydrogens (tertiary/aromatic N) is 2. The van der Waals surface area contributed by atoms with E-state index in [1.807, 2.05) is 42.2 Å². The highest BCUT2D eigenvalue weighted by Gasteiger charge is 2.20. The van der Waals surface area contributed by atoms with Crippen molar-refractivity contribution in [2.75, 3.05) is 26.2 Å². The maximum absolute atomic E-state index is 13.3. The van der Waals surface area contributed by atoms with E-state index in [0.717, 1.165) is 49.3 Å². The Kier molecular flexibility index (Phi) is 5.26. The van der Waals surface area contributed by atoms with Gasteiger partial charge in [-0.05, 0) is 43.2 Å². The van der Waals surface area contributed by atoms with E-state index in [4.69, 9.17) is 0 Å². The van der Waals surface area contributed by atoms with E-state index in [1.54, 1.807) is 12.1 Å². The van der Waals surface area contributed by atoms with Gasteiger partial charge >= 0.3 is 0 Å². The molecule has 1 fully saturated rings. The molecule has 0 bridgehead atoms. The third kappa shape index (κ3) is 4.20. The fourth-order valence-electron chi connectivity index (χ4n) is 3.19. The summed E-state index contributed by atoms with van der Waals surface area (Å²) < 4.78 is 13.3. The van der Waals surface area contributed by atoms with Crippen LogP contribution in [0.15, 0.2) is 48.5 Å². The van der Waals surface area contributed by atoms with Crippen molar-refractivity contribution in [3.8, 4) is 0 Å². The van der Waals surface area contributed by atoms with Crippen molar-refractivity contribution in [1.82, 2.24) is 9.80 Å². The van der Waals surface area contributed by atoms with Crippen molar-refractivity contribution in [2.45, 2.75) is 19.9 Å². The number of amides is 1. The lowest BCUT2D eigenvalue weighted by Gasteiger charge is -2.22. The first kappa shape index (κ1) is 16.7. The fourth-order valence-corrected chi connectivity index (χ4v) is 3.19. The number of carbonyl (C=O) groups is 1. The molecule has 0 radical (unpaired) electrons. The fraction of sp³-hybridized carbons (Fsp3) is 0.350. The van der Waals surface area contributed by atoms with E-state index in [1.165, 1.54) is 6.07 Å². The van der Waals surface area contributed by atoms with Crippen molar-refractivity contribution in [1.29, 1.82) is 0 Å². The third-order valence-corrected chi connectivity index (χ3v) is 4.44. The molecule has 2 aromatic carbocycles. The van der Waals surface area contributed by atoms with Gasteiger partial charge in [0.25, 0.3) is 5.91 Å². The maximum Gasteiger partial charge on any atom is 0.253 e. The molecule has 1 aliphatic rings. The van der Waals surface area contributed by atoms with Gasteiger partial charge in [0, 0.05) is 38.3 Å². The number of hydrogen-bond acceptors (Lipinski definition) is 2. The summed E-state index contributed by atoms with van der Waals surface area (Å²) in [6, 6.07) is 14.5. The predicted octanol–water partition coefficient (Wildman–Crippen LogP) is 3.48. The smallest absolute Gasteiger partial charge is 0.253 e. The quantitative estimate of drug-likeness (QED) is 0.862. The van der Waals surface area contributed by atoms with Gasteiger partial charge in [-0.3, -0.25) is 9.69 Å². The molecule has 3 nitrogen and oxygen atoms in total. The summed E-state index contributed by atoms with van der Waals surface area (Å²) in [6.45, 7) is 5.95. The monoisotopic (exact) mass is 326 g/mol. The molecular formula is C20H23FN2O. The van der Waals surface area contributed by atoms with Gasteiger partial charge in [0.2, 0.25) is 0 Å². The molecule has 1 heterocycles. The van der Waals surface area contributed by atoms with Gasteiger partial charge in [0.1, 0.15) is 5.82 Å². The van der Waals surface area contributed by atoms with Gasteiger partial charge in [-0.25, -0.2) is 4.39 Å². The number of benzene rings is 2. The summed E-state index contributed by atoms with van der Waals surface area (Å²) in [5.41, 5.74) is 2.84. The molecule has 0 unspecified atom stereocenters. The van der Waals surface area contributed by atoms with Crippen LogP contribution in [0.5, 0.6) is 0 Å². The Hall–Kier alpha value is -2.20.